The zero-order valence-electron chi connectivity index (χ0n) is 17.9. The Kier molecular flexibility index (Phi) is 5.82. The molecule has 5 nitrogen and oxygen atoms in total. The van der Waals surface area contributed by atoms with E-state index in [1.165, 1.54) is 11.4 Å². The zero-order chi connectivity index (χ0) is 20.4. The van der Waals surface area contributed by atoms with Crippen LogP contribution in [0.5, 0.6) is 0 Å². The fourth-order valence-corrected chi connectivity index (χ4v) is 4.06. The molecule has 0 bridgehead atoms. The number of hydrogen-bond acceptors (Lipinski definition) is 4. The summed E-state index contributed by atoms with van der Waals surface area (Å²) in [6, 6.07) is 8.73. The smallest absolute Gasteiger partial charge is 0.145 e. The largest absolute Gasteiger partial charge is 0.388 e. The third-order valence-corrected chi connectivity index (χ3v) is 5.55. The van der Waals surface area contributed by atoms with Crippen molar-refractivity contribution in [2.75, 3.05) is 37.1 Å². The second-order valence-corrected chi connectivity index (χ2v) is 7.27. The molecule has 1 unspecified atom stereocenters. The van der Waals surface area contributed by atoms with Crippen LogP contribution in [0.3, 0.4) is 0 Å². The van der Waals surface area contributed by atoms with Gasteiger partial charge in [0.05, 0.1) is 0 Å². The van der Waals surface area contributed by atoms with Gasteiger partial charge in [-0.05, 0) is 56.9 Å². The van der Waals surface area contributed by atoms with Crippen LogP contribution in [0.25, 0.3) is 16.8 Å². The van der Waals surface area contributed by atoms with Gasteiger partial charge in [0, 0.05) is 66.4 Å². The molecular weight excluding hydrogens is 346 g/mol. The van der Waals surface area contributed by atoms with E-state index in [1.54, 1.807) is 0 Å². The molecule has 149 valence electrons. The minimum absolute atomic E-state index is 0.419. The predicted octanol–water partition coefficient (Wildman–Crippen LogP) is 5.46. The van der Waals surface area contributed by atoms with Crippen molar-refractivity contribution in [2.24, 2.45) is 0 Å². The molecule has 1 radical (unpaired) electrons. The van der Waals surface area contributed by atoms with Crippen molar-refractivity contribution in [3.8, 4) is 11.1 Å². The number of hydrogen-bond donors (Lipinski definition) is 3. The molecule has 3 N–H and O–H groups in total. The third-order valence-electron chi connectivity index (χ3n) is 5.55. The molecular formula is C23H32N5. The predicted molar refractivity (Wildman–Crippen MR) is 122 cm³/mol. The quantitative estimate of drug-likeness (QED) is 0.511. The zero-order valence-corrected chi connectivity index (χ0v) is 17.9. The van der Waals surface area contributed by atoms with E-state index >= 15 is 0 Å². The third kappa shape index (κ3) is 3.30. The molecule has 0 aliphatic heterocycles. The van der Waals surface area contributed by atoms with E-state index < -0.39 is 0 Å². The van der Waals surface area contributed by atoms with Crippen LogP contribution in [0.4, 0.5) is 17.1 Å². The van der Waals surface area contributed by atoms with E-state index in [0.29, 0.717) is 5.92 Å². The summed E-state index contributed by atoms with van der Waals surface area (Å²) in [7, 11) is 5.86. The van der Waals surface area contributed by atoms with Gasteiger partial charge in [-0.1, -0.05) is 13.8 Å². The van der Waals surface area contributed by atoms with E-state index in [4.69, 9.17) is 4.98 Å². The Morgan fingerprint density at radius 3 is 2.14 bits per heavy atom. The molecule has 2 heterocycles. The molecule has 0 saturated heterocycles. The summed E-state index contributed by atoms with van der Waals surface area (Å²) in [6.45, 7) is 10.6. The molecule has 1 aromatic carbocycles. The molecule has 3 rings (SSSR count). The maximum atomic E-state index is 4.95. The highest BCUT2D eigenvalue weighted by molar-refractivity contribution is 5.97. The Labute approximate surface area is 168 Å². The fraction of sp³-hybridized carbons (Fsp3) is 0.391. The van der Waals surface area contributed by atoms with Crippen molar-refractivity contribution >= 4 is 22.7 Å². The summed E-state index contributed by atoms with van der Waals surface area (Å²) in [5, 5.41) is 9.97. The molecule has 0 saturated carbocycles. The SMILES string of the molecule is [CH2]CC(CC)c1cc(C)nc2c(-c3c(NC)cc(NC)cc3NC)cc(C)n12. The molecule has 0 aliphatic rings. The maximum absolute atomic E-state index is 4.95. The number of nitrogens with one attached hydrogen (secondary N) is 3. The number of anilines is 3. The lowest BCUT2D eigenvalue weighted by Gasteiger charge is -2.19. The molecule has 5 heteroatoms. The van der Waals surface area contributed by atoms with Gasteiger partial charge >= 0.3 is 0 Å². The summed E-state index contributed by atoms with van der Waals surface area (Å²) in [5.74, 6) is 0.419. The number of rotatable bonds is 7. The summed E-state index contributed by atoms with van der Waals surface area (Å²) in [6.07, 6.45) is 1.94. The van der Waals surface area contributed by atoms with Crippen LogP contribution in [0, 0.1) is 20.8 Å². The van der Waals surface area contributed by atoms with E-state index in [-0.39, 0.29) is 0 Å². The van der Waals surface area contributed by atoms with E-state index in [1.807, 2.05) is 21.1 Å². The minimum atomic E-state index is 0.419. The number of aryl methyl sites for hydroxylation is 2. The normalized spacial score (nSPS) is 11.3. The van der Waals surface area contributed by atoms with Gasteiger partial charge in [0.2, 0.25) is 0 Å². The lowest BCUT2D eigenvalue weighted by atomic mass is 9.98. The maximum Gasteiger partial charge on any atom is 0.145 e. The van der Waals surface area contributed by atoms with Crippen LogP contribution in [0.2, 0.25) is 0 Å². The number of aromatic nitrogens is 2. The van der Waals surface area contributed by atoms with Crippen LogP contribution < -0.4 is 16.0 Å². The van der Waals surface area contributed by atoms with Gasteiger partial charge in [0.15, 0.2) is 0 Å². The molecule has 1 atom stereocenters. The van der Waals surface area contributed by atoms with Gasteiger partial charge in [-0.2, -0.15) is 0 Å². The fourth-order valence-electron chi connectivity index (χ4n) is 4.06. The first-order valence-electron chi connectivity index (χ1n) is 9.99. The minimum Gasteiger partial charge on any atom is -0.388 e. The van der Waals surface area contributed by atoms with Crippen LogP contribution in [0.1, 0.15) is 42.8 Å². The van der Waals surface area contributed by atoms with Crippen molar-refractivity contribution in [1.29, 1.82) is 0 Å². The molecule has 0 aliphatic carbocycles. The topological polar surface area (TPSA) is 53.4 Å². The Morgan fingerprint density at radius 2 is 1.64 bits per heavy atom. The second-order valence-electron chi connectivity index (χ2n) is 7.27. The van der Waals surface area contributed by atoms with Crippen molar-refractivity contribution in [3.05, 3.63) is 48.3 Å². The van der Waals surface area contributed by atoms with Gasteiger partial charge in [0.25, 0.3) is 0 Å². The monoisotopic (exact) mass is 378 g/mol. The highest BCUT2D eigenvalue weighted by atomic mass is 15.0. The van der Waals surface area contributed by atoms with Crippen molar-refractivity contribution in [1.82, 2.24) is 9.38 Å². The average molecular weight is 379 g/mol. The number of fused-ring (bicyclic) bond motifs is 1. The van der Waals surface area contributed by atoms with Crippen LogP contribution in [-0.2, 0) is 0 Å². The molecule has 0 spiro atoms. The molecule has 28 heavy (non-hydrogen) atoms. The number of nitrogens with zero attached hydrogens (tertiary/aromatic N) is 2. The molecule has 3 aromatic rings. The van der Waals surface area contributed by atoms with Crippen molar-refractivity contribution in [2.45, 2.75) is 39.5 Å². The molecule has 2 aromatic heterocycles. The Hall–Kier alpha value is -2.69. The Bertz CT molecular complexity index is 957. The lowest BCUT2D eigenvalue weighted by molar-refractivity contribution is 0.637. The summed E-state index contributed by atoms with van der Waals surface area (Å²) >= 11 is 0. The van der Waals surface area contributed by atoms with E-state index in [9.17, 15) is 0 Å². The lowest BCUT2D eigenvalue weighted by Crippen LogP contribution is -2.07. The highest BCUT2D eigenvalue weighted by Crippen LogP contribution is 2.41. The summed E-state index contributed by atoms with van der Waals surface area (Å²) < 4.78 is 2.31. The van der Waals surface area contributed by atoms with Crippen LogP contribution in [-0.4, -0.2) is 30.5 Å². The first-order chi connectivity index (χ1) is 13.5. The molecule has 0 fully saturated rings. The van der Waals surface area contributed by atoms with Crippen molar-refractivity contribution in [3.63, 3.8) is 0 Å². The molecule has 0 amide bonds. The summed E-state index contributed by atoms with van der Waals surface area (Å²) in [4.78, 5) is 4.95. The average Bonchev–Trinajstić information content (AvgIpc) is 3.03. The number of benzene rings is 1. The highest BCUT2D eigenvalue weighted by Gasteiger charge is 2.21. The summed E-state index contributed by atoms with van der Waals surface area (Å²) in [5.41, 5.74) is 10.0. The van der Waals surface area contributed by atoms with Crippen molar-refractivity contribution < 1.29 is 0 Å². The van der Waals surface area contributed by atoms with Gasteiger partial charge in [-0.15, -0.1) is 0 Å². The van der Waals surface area contributed by atoms with Gasteiger partial charge < -0.3 is 20.4 Å². The van der Waals surface area contributed by atoms with Gasteiger partial charge in [-0.3, -0.25) is 0 Å². The Morgan fingerprint density at radius 1 is 1.00 bits per heavy atom. The second kappa shape index (κ2) is 8.13. The standard InChI is InChI=1S/C23H32N5/c1-8-16(9-2)21-10-14(3)27-23-18(11-15(4)28(21)23)22-19(25-6)12-17(24-5)13-20(22)26-7/h10-13,16,24-26H,1,8-9H2,2-7H3. The van der Waals surface area contributed by atoms with Crippen LogP contribution >= 0.6 is 0 Å². The van der Waals surface area contributed by atoms with Crippen LogP contribution in [0.15, 0.2) is 24.3 Å². The van der Waals surface area contributed by atoms with E-state index in [2.05, 4.69) is 72.3 Å². The van der Waals surface area contributed by atoms with Gasteiger partial charge in [-0.25, -0.2) is 4.98 Å². The first kappa shape index (κ1) is 20.1. The first-order valence-corrected chi connectivity index (χ1v) is 9.99. The van der Waals surface area contributed by atoms with E-state index in [0.717, 1.165) is 52.4 Å². The Balaban J connectivity index is 2.38. The van der Waals surface area contributed by atoms with Gasteiger partial charge in [0.1, 0.15) is 5.65 Å².